The van der Waals surface area contributed by atoms with Gasteiger partial charge in [-0.05, 0) is 36.4 Å². The van der Waals surface area contributed by atoms with E-state index in [2.05, 4.69) is 10.6 Å². The SMILES string of the molecule is O=C(CSc1ccccc1)Nc1ccccc1C(=O)NCc1ccco1. The number of benzene rings is 2. The Kier molecular flexibility index (Phi) is 6.11. The van der Waals surface area contributed by atoms with Crippen molar-refractivity contribution in [1.29, 1.82) is 0 Å². The quantitative estimate of drug-likeness (QED) is 0.621. The van der Waals surface area contributed by atoms with Crippen molar-refractivity contribution in [1.82, 2.24) is 5.32 Å². The van der Waals surface area contributed by atoms with Crippen LogP contribution in [0.2, 0.25) is 0 Å². The van der Waals surface area contributed by atoms with Crippen molar-refractivity contribution in [2.45, 2.75) is 11.4 Å². The summed E-state index contributed by atoms with van der Waals surface area (Å²) in [5.41, 5.74) is 0.903. The third kappa shape index (κ3) is 5.00. The van der Waals surface area contributed by atoms with Gasteiger partial charge in [-0.25, -0.2) is 0 Å². The Bertz CT molecular complexity index is 864. The van der Waals surface area contributed by atoms with Gasteiger partial charge >= 0.3 is 0 Å². The maximum absolute atomic E-state index is 12.4. The first kappa shape index (κ1) is 17.8. The second-order valence-electron chi connectivity index (χ2n) is 5.46. The number of para-hydroxylation sites is 1. The van der Waals surface area contributed by atoms with Crippen molar-refractivity contribution in [2.75, 3.05) is 11.1 Å². The van der Waals surface area contributed by atoms with E-state index in [1.165, 1.54) is 11.8 Å². The molecule has 132 valence electrons. The Hall–Kier alpha value is -2.99. The highest BCUT2D eigenvalue weighted by Gasteiger charge is 2.13. The fourth-order valence-corrected chi connectivity index (χ4v) is 3.04. The van der Waals surface area contributed by atoms with Crippen molar-refractivity contribution in [2.24, 2.45) is 0 Å². The number of carbonyl (C=O) groups excluding carboxylic acids is 2. The van der Waals surface area contributed by atoms with Crippen molar-refractivity contribution < 1.29 is 14.0 Å². The predicted molar refractivity (Wildman–Crippen MR) is 102 cm³/mol. The maximum Gasteiger partial charge on any atom is 0.253 e. The van der Waals surface area contributed by atoms with Crippen LogP contribution in [0, 0.1) is 0 Å². The number of hydrogen-bond acceptors (Lipinski definition) is 4. The van der Waals surface area contributed by atoms with E-state index >= 15 is 0 Å². The van der Waals surface area contributed by atoms with Crippen LogP contribution in [0.25, 0.3) is 0 Å². The number of carbonyl (C=O) groups is 2. The standard InChI is InChI=1S/C20H18N2O3S/c23-19(14-26-16-8-2-1-3-9-16)22-18-11-5-4-10-17(18)20(24)21-13-15-7-6-12-25-15/h1-12H,13-14H2,(H,21,24)(H,22,23). The first-order valence-electron chi connectivity index (χ1n) is 8.09. The van der Waals surface area contributed by atoms with Crippen LogP contribution in [0.4, 0.5) is 5.69 Å². The van der Waals surface area contributed by atoms with Gasteiger partial charge in [-0.1, -0.05) is 30.3 Å². The third-order valence-corrected chi connectivity index (χ3v) is 4.57. The molecule has 0 aliphatic carbocycles. The molecule has 5 nitrogen and oxygen atoms in total. The fraction of sp³-hybridized carbons (Fsp3) is 0.100. The minimum atomic E-state index is -0.270. The van der Waals surface area contributed by atoms with Gasteiger partial charge in [-0.15, -0.1) is 11.8 Å². The molecule has 0 radical (unpaired) electrons. The second-order valence-corrected chi connectivity index (χ2v) is 6.51. The van der Waals surface area contributed by atoms with Crippen LogP contribution in [0.15, 0.2) is 82.3 Å². The zero-order chi connectivity index (χ0) is 18.2. The highest BCUT2D eigenvalue weighted by molar-refractivity contribution is 8.00. The van der Waals surface area contributed by atoms with E-state index in [1.807, 2.05) is 30.3 Å². The Balaban J connectivity index is 1.59. The van der Waals surface area contributed by atoms with E-state index in [0.29, 0.717) is 17.0 Å². The van der Waals surface area contributed by atoms with Gasteiger partial charge in [-0.2, -0.15) is 0 Å². The summed E-state index contributed by atoms with van der Waals surface area (Å²) < 4.78 is 5.20. The van der Waals surface area contributed by atoms with Crippen LogP contribution in [0.3, 0.4) is 0 Å². The molecule has 1 aromatic heterocycles. The smallest absolute Gasteiger partial charge is 0.253 e. The summed E-state index contributed by atoms with van der Waals surface area (Å²) >= 11 is 1.45. The summed E-state index contributed by atoms with van der Waals surface area (Å²) in [7, 11) is 0. The molecule has 0 fully saturated rings. The van der Waals surface area contributed by atoms with Crippen LogP contribution in [-0.4, -0.2) is 17.6 Å². The van der Waals surface area contributed by atoms with Gasteiger partial charge < -0.3 is 15.1 Å². The Labute approximate surface area is 155 Å². The Morgan fingerprint density at radius 2 is 1.69 bits per heavy atom. The first-order chi connectivity index (χ1) is 12.7. The van der Waals surface area contributed by atoms with Crippen molar-refractivity contribution in [3.8, 4) is 0 Å². The Morgan fingerprint density at radius 1 is 0.923 bits per heavy atom. The van der Waals surface area contributed by atoms with Crippen LogP contribution in [0.1, 0.15) is 16.1 Å². The summed E-state index contributed by atoms with van der Waals surface area (Å²) in [6, 6.07) is 20.2. The summed E-state index contributed by atoms with van der Waals surface area (Å²) in [4.78, 5) is 25.7. The summed E-state index contributed by atoms with van der Waals surface area (Å²) in [6.45, 7) is 0.290. The van der Waals surface area contributed by atoms with Crippen LogP contribution >= 0.6 is 11.8 Å². The molecule has 0 aliphatic heterocycles. The molecular formula is C20H18N2O3S. The monoisotopic (exact) mass is 366 g/mol. The molecule has 0 spiro atoms. The van der Waals surface area contributed by atoms with Crippen molar-refractivity contribution >= 4 is 29.3 Å². The molecule has 0 atom stereocenters. The molecule has 1 heterocycles. The summed E-state index contributed by atoms with van der Waals surface area (Å²) in [5, 5.41) is 5.59. The third-order valence-electron chi connectivity index (χ3n) is 3.56. The maximum atomic E-state index is 12.4. The van der Waals surface area contributed by atoms with Gasteiger partial charge in [-0.3, -0.25) is 9.59 Å². The lowest BCUT2D eigenvalue weighted by Crippen LogP contribution is -2.25. The van der Waals surface area contributed by atoms with Crippen molar-refractivity contribution in [3.05, 3.63) is 84.3 Å². The van der Waals surface area contributed by atoms with E-state index in [4.69, 9.17) is 4.42 Å². The molecule has 0 unspecified atom stereocenters. The summed E-state index contributed by atoms with van der Waals surface area (Å²) in [5.74, 6) is 0.504. The van der Waals surface area contributed by atoms with Gasteiger partial charge in [0.2, 0.25) is 5.91 Å². The first-order valence-corrected chi connectivity index (χ1v) is 9.08. The normalized spacial score (nSPS) is 10.3. The molecule has 0 aliphatic rings. The molecule has 3 rings (SSSR count). The topological polar surface area (TPSA) is 71.3 Å². The minimum absolute atomic E-state index is 0.162. The molecule has 0 bridgehead atoms. The van der Waals surface area contributed by atoms with Crippen molar-refractivity contribution in [3.63, 3.8) is 0 Å². The van der Waals surface area contributed by atoms with Gasteiger partial charge in [0.25, 0.3) is 5.91 Å². The van der Waals surface area contributed by atoms with Gasteiger partial charge in [0.1, 0.15) is 5.76 Å². The van der Waals surface area contributed by atoms with Crippen LogP contribution in [0.5, 0.6) is 0 Å². The van der Waals surface area contributed by atoms with Gasteiger partial charge in [0.15, 0.2) is 0 Å². The van der Waals surface area contributed by atoms with E-state index in [9.17, 15) is 9.59 Å². The zero-order valence-corrected chi connectivity index (χ0v) is 14.8. The Morgan fingerprint density at radius 3 is 2.46 bits per heavy atom. The molecule has 2 aromatic carbocycles. The molecule has 26 heavy (non-hydrogen) atoms. The van der Waals surface area contributed by atoms with E-state index in [-0.39, 0.29) is 24.1 Å². The average molecular weight is 366 g/mol. The molecule has 2 amide bonds. The molecule has 6 heteroatoms. The van der Waals surface area contributed by atoms with Gasteiger partial charge in [0.05, 0.1) is 29.8 Å². The number of furan rings is 1. The zero-order valence-electron chi connectivity index (χ0n) is 14.0. The molecule has 2 N–H and O–H groups in total. The number of amides is 2. The van der Waals surface area contributed by atoms with E-state index in [0.717, 1.165) is 4.90 Å². The van der Waals surface area contributed by atoms with Crippen LogP contribution < -0.4 is 10.6 Å². The molecule has 0 saturated carbocycles. The lowest BCUT2D eigenvalue weighted by molar-refractivity contribution is -0.113. The second kappa shape index (κ2) is 8.92. The number of rotatable bonds is 7. The highest BCUT2D eigenvalue weighted by Crippen LogP contribution is 2.19. The predicted octanol–water partition coefficient (Wildman–Crippen LogP) is 3.94. The fourth-order valence-electron chi connectivity index (χ4n) is 2.32. The molecule has 0 saturated heterocycles. The van der Waals surface area contributed by atoms with E-state index < -0.39 is 0 Å². The lowest BCUT2D eigenvalue weighted by atomic mass is 10.1. The van der Waals surface area contributed by atoms with E-state index in [1.54, 1.807) is 42.7 Å². The lowest BCUT2D eigenvalue weighted by Gasteiger charge is -2.11. The van der Waals surface area contributed by atoms with Gasteiger partial charge in [0, 0.05) is 4.90 Å². The molecule has 3 aromatic rings. The number of anilines is 1. The average Bonchev–Trinajstić information content (AvgIpc) is 3.19. The highest BCUT2D eigenvalue weighted by atomic mass is 32.2. The number of thioether (sulfide) groups is 1. The largest absolute Gasteiger partial charge is 0.467 e. The van der Waals surface area contributed by atoms with Crippen LogP contribution in [-0.2, 0) is 11.3 Å². The summed E-state index contributed by atoms with van der Waals surface area (Å²) in [6.07, 6.45) is 1.56. The number of hydrogen-bond donors (Lipinski definition) is 2. The minimum Gasteiger partial charge on any atom is -0.467 e. The number of nitrogens with one attached hydrogen (secondary N) is 2. The molecular weight excluding hydrogens is 348 g/mol.